The SMILES string of the molecule is CCCCNC(=O)C(C)Oc1cccc(CC)c1. The third kappa shape index (κ3) is 4.78. The fourth-order valence-electron chi connectivity index (χ4n) is 1.63. The van der Waals surface area contributed by atoms with E-state index >= 15 is 0 Å². The monoisotopic (exact) mass is 249 g/mol. The molecule has 1 aromatic carbocycles. The highest BCUT2D eigenvalue weighted by Gasteiger charge is 2.13. The van der Waals surface area contributed by atoms with Crippen LogP contribution in [0.4, 0.5) is 0 Å². The van der Waals surface area contributed by atoms with Gasteiger partial charge in [0.2, 0.25) is 0 Å². The van der Waals surface area contributed by atoms with Crippen molar-refractivity contribution in [2.75, 3.05) is 6.54 Å². The van der Waals surface area contributed by atoms with Crippen LogP contribution in [-0.2, 0) is 11.2 Å². The number of hydrogen-bond acceptors (Lipinski definition) is 2. The van der Waals surface area contributed by atoms with E-state index in [-0.39, 0.29) is 5.91 Å². The molecule has 0 aromatic heterocycles. The number of benzene rings is 1. The quantitative estimate of drug-likeness (QED) is 0.754. The zero-order chi connectivity index (χ0) is 13.4. The van der Waals surface area contributed by atoms with Crippen molar-refractivity contribution in [1.82, 2.24) is 5.32 Å². The molecule has 0 spiro atoms. The third-order valence-electron chi connectivity index (χ3n) is 2.82. The van der Waals surface area contributed by atoms with Gasteiger partial charge in [0.25, 0.3) is 5.91 Å². The Morgan fingerprint density at radius 1 is 1.39 bits per heavy atom. The Bertz CT molecular complexity index is 377. The number of ether oxygens (including phenoxy) is 1. The highest BCUT2D eigenvalue weighted by Crippen LogP contribution is 2.15. The second-order valence-corrected chi connectivity index (χ2v) is 4.41. The fourth-order valence-corrected chi connectivity index (χ4v) is 1.63. The first-order chi connectivity index (χ1) is 8.67. The molecule has 0 fully saturated rings. The molecule has 1 aromatic rings. The van der Waals surface area contributed by atoms with Crippen LogP contribution in [-0.4, -0.2) is 18.6 Å². The van der Waals surface area contributed by atoms with Gasteiger partial charge in [-0.3, -0.25) is 4.79 Å². The van der Waals surface area contributed by atoms with Gasteiger partial charge in [0.1, 0.15) is 5.75 Å². The van der Waals surface area contributed by atoms with Crippen LogP contribution in [0.15, 0.2) is 24.3 Å². The normalized spacial score (nSPS) is 11.9. The van der Waals surface area contributed by atoms with Crippen molar-refractivity contribution in [2.45, 2.75) is 46.1 Å². The van der Waals surface area contributed by atoms with Crippen LogP contribution in [0.2, 0.25) is 0 Å². The maximum absolute atomic E-state index is 11.7. The summed E-state index contributed by atoms with van der Waals surface area (Å²) in [5, 5.41) is 2.87. The van der Waals surface area contributed by atoms with Gasteiger partial charge in [-0.05, 0) is 37.5 Å². The van der Waals surface area contributed by atoms with Crippen molar-refractivity contribution >= 4 is 5.91 Å². The van der Waals surface area contributed by atoms with Crippen LogP contribution in [0.1, 0.15) is 39.2 Å². The number of nitrogens with one attached hydrogen (secondary N) is 1. The molecule has 1 rings (SSSR count). The van der Waals surface area contributed by atoms with Crippen molar-refractivity contribution in [2.24, 2.45) is 0 Å². The summed E-state index contributed by atoms with van der Waals surface area (Å²) in [5.41, 5.74) is 1.21. The van der Waals surface area contributed by atoms with Crippen LogP contribution in [0.5, 0.6) is 5.75 Å². The Kier molecular flexibility index (Phi) is 6.26. The van der Waals surface area contributed by atoms with Gasteiger partial charge in [-0.15, -0.1) is 0 Å². The van der Waals surface area contributed by atoms with Crippen molar-refractivity contribution in [1.29, 1.82) is 0 Å². The van der Waals surface area contributed by atoms with Gasteiger partial charge in [-0.1, -0.05) is 32.4 Å². The average molecular weight is 249 g/mol. The van der Waals surface area contributed by atoms with E-state index in [1.807, 2.05) is 18.2 Å². The zero-order valence-electron chi connectivity index (χ0n) is 11.5. The second-order valence-electron chi connectivity index (χ2n) is 4.41. The standard InChI is InChI=1S/C15H23NO2/c1-4-6-10-16-15(17)12(3)18-14-9-7-8-13(5-2)11-14/h7-9,11-12H,4-6,10H2,1-3H3,(H,16,17). The molecule has 1 N–H and O–H groups in total. The van der Waals surface area contributed by atoms with E-state index in [2.05, 4.69) is 25.2 Å². The maximum atomic E-state index is 11.7. The van der Waals surface area contributed by atoms with Crippen LogP contribution >= 0.6 is 0 Å². The van der Waals surface area contributed by atoms with Gasteiger partial charge in [-0.25, -0.2) is 0 Å². The molecular formula is C15H23NO2. The summed E-state index contributed by atoms with van der Waals surface area (Å²) in [4.78, 5) is 11.7. The molecule has 0 aliphatic carbocycles. The number of amides is 1. The second kappa shape index (κ2) is 7.75. The Morgan fingerprint density at radius 2 is 2.17 bits per heavy atom. The molecule has 0 saturated carbocycles. The smallest absolute Gasteiger partial charge is 0.260 e. The zero-order valence-corrected chi connectivity index (χ0v) is 11.5. The van der Waals surface area contributed by atoms with Crippen LogP contribution < -0.4 is 10.1 Å². The first-order valence-corrected chi connectivity index (χ1v) is 6.70. The number of hydrogen-bond donors (Lipinski definition) is 1. The van der Waals surface area contributed by atoms with Gasteiger partial charge < -0.3 is 10.1 Å². The number of unbranched alkanes of at least 4 members (excludes halogenated alkanes) is 1. The summed E-state index contributed by atoms with van der Waals surface area (Å²) in [6, 6.07) is 7.87. The molecule has 0 saturated heterocycles. The molecule has 3 nitrogen and oxygen atoms in total. The van der Waals surface area contributed by atoms with E-state index in [9.17, 15) is 4.79 Å². The maximum Gasteiger partial charge on any atom is 0.260 e. The average Bonchev–Trinajstić information content (AvgIpc) is 2.39. The molecule has 0 aliphatic rings. The van der Waals surface area contributed by atoms with Crippen LogP contribution in [0.25, 0.3) is 0 Å². The largest absolute Gasteiger partial charge is 0.481 e. The van der Waals surface area contributed by atoms with Crippen molar-refractivity contribution in [3.05, 3.63) is 29.8 Å². The van der Waals surface area contributed by atoms with Gasteiger partial charge in [-0.2, -0.15) is 0 Å². The Morgan fingerprint density at radius 3 is 2.83 bits per heavy atom. The van der Waals surface area contributed by atoms with Gasteiger partial charge in [0.05, 0.1) is 0 Å². The summed E-state index contributed by atoms with van der Waals surface area (Å²) in [5.74, 6) is 0.706. The van der Waals surface area contributed by atoms with E-state index < -0.39 is 6.10 Å². The van der Waals surface area contributed by atoms with Crippen LogP contribution in [0.3, 0.4) is 0 Å². The number of carbonyl (C=O) groups is 1. The highest BCUT2D eigenvalue weighted by atomic mass is 16.5. The number of carbonyl (C=O) groups excluding carboxylic acids is 1. The Balaban J connectivity index is 2.47. The lowest BCUT2D eigenvalue weighted by Crippen LogP contribution is -2.36. The first-order valence-electron chi connectivity index (χ1n) is 6.70. The van der Waals surface area contributed by atoms with E-state index in [1.54, 1.807) is 6.92 Å². The number of aryl methyl sites for hydroxylation is 1. The molecule has 1 unspecified atom stereocenters. The minimum absolute atomic E-state index is 0.0506. The molecule has 0 bridgehead atoms. The minimum atomic E-state index is -0.450. The van der Waals surface area contributed by atoms with E-state index in [1.165, 1.54) is 5.56 Å². The Labute approximate surface area is 110 Å². The molecule has 1 amide bonds. The molecule has 0 heterocycles. The van der Waals surface area contributed by atoms with E-state index in [0.29, 0.717) is 0 Å². The topological polar surface area (TPSA) is 38.3 Å². The number of rotatable bonds is 7. The lowest BCUT2D eigenvalue weighted by Gasteiger charge is -2.15. The first kappa shape index (κ1) is 14.6. The molecule has 100 valence electrons. The van der Waals surface area contributed by atoms with Crippen molar-refractivity contribution in [3.8, 4) is 5.75 Å². The summed E-state index contributed by atoms with van der Waals surface area (Å²) in [6.45, 7) is 6.69. The molecule has 0 aliphatic heterocycles. The van der Waals surface area contributed by atoms with E-state index in [0.717, 1.165) is 31.6 Å². The summed E-state index contributed by atoms with van der Waals surface area (Å²) >= 11 is 0. The minimum Gasteiger partial charge on any atom is -0.481 e. The van der Waals surface area contributed by atoms with E-state index in [4.69, 9.17) is 4.74 Å². The summed E-state index contributed by atoms with van der Waals surface area (Å²) < 4.78 is 5.64. The summed E-state index contributed by atoms with van der Waals surface area (Å²) in [6.07, 6.45) is 2.60. The van der Waals surface area contributed by atoms with Crippen molar-refractivity contribution < 1.29 is 9.53 Å². The fraction of sp³-hybridized carbons (Fsp3) is 0.533. The van der Waals surface area contributed by atoms with Crippen LogP contribution in [0, 0.1) is 0 Å². The lowest BCUT2D eigenvalue weighted by molar-refractivity contribution is -0.127. The molecule has 1 atom stereocenters. The molecule has 0 radical (unpaired) electrons. The molecule has 3 heteroatoms. The Hall–Kier alpha value is -1.51. The van der Waals surface area contributed by atoms with Gasteiger partial charge in [0.15, 0.2) is 6.10 Å². The summed E-state index contributed by atoms with van der Waals surface area (Å²) in [7, 11) is 0. The highest BCUT2D eigenvalue weighted by molar-refractivity contribution is 5.80. The molecule has 18 heavy (non-hydrogen) atoms. The van der Waals surface area contributed by atoms with Gasteiger partial charge in [0, 0.05) is 6.54 Å². The predicted octanol–water partition coefficient (Wildman–Crippen LogP) is 2.93. The van der Waals surface area contributed by atoms with Gasteiger partial charge >= 0.3 is 0 Å². The third-order valence-corrected chi connectivity index (χ3v) is 2.82. The lowest BCUT2D eigenvalue weighted by atomic mass is 10.2. The van der Waals surface area contributed by atoms with Crippen molar-refractivity contribution in [3.63, 3.8) is 0 Å². The predicted molar refractivity (Wildman–Crippen MR) is 73.8 cm³/mol. The molecular weight excluding hydrogens is 226 g/mol.